The van der Waals surface area contributed by atoms with Crippen molar-refractivity contribution >= 4 is 17.4 Å². The number of nitrogens with one attached hydrogen (secondary N) is 2. The quantitative estimate of drug-likeness (QED) is 0.700. The summed E-state index contributed by atoms with van der Waals surface area (Å²) in [6, 6.07) is 0. The van der Waals surface area contributed by atoms with Gasteiger partial charge in [-0.25, -0.2) is 4.79 Å². The fourth-order valence-corrected chi connectivity index (χ4v) is 1.05. The van der Waals surface area contributed by atoms with E-state index in [0.29, 0.717) is 0 Å². The summed E-state index contributed by atoms with van der Waals surface area (Å²) in [6.07, 6.45) is -0.0437. The van der Waals surface area contributed by atoms with Crippen LogP contribution in [0, 0.1) is 0 Å². The number of aromatic nitrogens is 2. The first-order valence-electron chi connectivity index (χ1n) is 3.51. The first-order chi connectivity index (χ1) is 6.00. The molecule has 0 aliphatic rings. The maximum Gasteiger partial charge on any atom is 0.325 e. The zero-order chi connectivity index (χ0) is 10.0. The van der Waals surface area contributed by atoms with Crippen LogP contribution in [0.3, 0.4) is 0 Å². The summed E-state index contributed by atoms with van der Waals surface area (Å²) in [7, 11) is 0. The maximum absolute atomic E-state index is 10.9. The van der Waals surface area contributed by atoms with E-state index in [1.165, 1.54) is 6.92 Å². The van der Waals surface area contributed by atoms with Gasteiger partial charge in [-0.1, -0.05) is 11.6 Å². The molecule has 6 heteroatoms. The Balaban J connectivity index is 3.28. The Hall–Kier alpha value is -1.36. The molecular weight excluding hydrogens is 196 g/mol. The summed E-state index contributed by atoms with van der Waals surface area (Å²) in [5.74, 6) is -0.178. The van der Waals surface area contributed by atoms with Crippen LogP contribution in [0.1, 0.15) is 12.6 Å². The van der Waals surface area contributed by atoms with Crippen LogP contribution >= 0.6 is 11.6 Å². The Kier molecular flexibility index (Phi) is 2.67. The van der Waals surface area contributed by atoms with Crippen molar-refractivity contribution in [2.24, 2.45) is 0 Å². The average molecular weight is 203 g/mol. The van der Waals surface area contributed by atoms with E-state index in [-0.39, 0.29) is 22.9 Å². The lowest BCUT2D eigenvalue weighted by Crippen LogP contribution is -2.25. The minimum atomic E-state index is -0.679. The molecule has 1 aromatic heterocycles. The molecule has 0 unspecified atom stereocenters. The Labute approximate surface area is 77.8 Å². The topological polar surface area (TPSA) is 82.8 Å². The van der Waals surface area contributed by atoms with Crippen LogP contribution in [0.4, 0.5) is 0 Å². The molecule has 0 fully saturated rings. The van der Waals surface area contributed by atoms with Crippen molar-refractivity contribution in [2.45, 2.75) is 13.3 Å². The highest BCUT2D eigenvalue weighted by atomic mass is 35.5. The zero-order valence-electron chi connectivity index (χ0n) is 6.81. The molecule has 1 rings (SSSR count). The van der Waals surface area contributed by atoms with Gasteiger partial charge >= 0.3 is 5.69 Å². The number of aromatic amines is 2. The van der Waals surface area contributed by atoms with E-state index in [0.717, 1.165) is 0 Å². The van der Waals surface area contributed by atoms with E-state index in [4.69, 9.17) is 11.6 Å². The second-order valence-electron chi connectivity index (χ2n) is 2.58. The van der Waals surface area contributed by atoms with E-state index < -0.39 is 11.2 Å². The van der Waals surface area contributed by atoms with Crippen LogP contribution < -0.4 is 11.2 Å². The van der Waals surface area contributed by atoms with Crippen molar-refractivity contribution < 1.29 is 4.79 Å². The lowest BCUT2D eigenvalue weighted by Gasteiger charge is -1.98. The van der Waals surface area contributed by atoms with Crippen LogP contribution in [-0.2, 0) is 11.2 Å². The molecule has 2 N–H and O–H groups in total. The summed E-state index contributed by atoms with van der Waals surface area (Å²) in [4.78, 5) is 36.6. The number of hydrogen-bond acceptors (Lipinski definition) is 3. The second kappa shape index (κ2) is 3.57. The summed E-state index contributed by atoms with van der Waals surface area (Å²) in [5.41, 5.74) is -1.18. The largest absolute Gasteiger partial charge is 0.325 e. The lowest BCUT2D eigenvalue weighted by atomic mass is 10.2. The predicted molar refractivity (Wildman–Crippen MR) is 47.1 cm³/mol. The molecule has 0 aromatic carbocycles. The predicted octanol–water partition coefficient (Wildman–Crippen LogP) is -0.152. The van der Waals surface area contributed by atoms with Crippen LogP contribution in [0.5, 0.6) is 0 Å². The number of carbonyl (C=O) groups is 1. The second-order valence-corrected chi connectivity index (χ2v) is 2.96. The Morgan fingerprint density at radius 2 is 2.00 bits per heavy atom. The summed E-state index contributed by atoms with van der Waals surface area (Å²) in [6.45, 7) is 1.34. The minimum Gasteiger partial charge on any atom is -0.309 e. The van der Waals surface area contributed by atoms with Gasteiger partial charge < -0.3 is 4.98 Å². The van der Waals surface area contributed by atoms with E-state index in [2.05, 4.69) is 4.98 Å². The number of rotatable bonds is 2. The third-order valence-corrected chi connectivity index (χ3v) is 1.78. The molecule has 0 spiro atoms. The Bertz CT molecular complexity index is 446. The molecule has 0 saturated carbocycles. The zero-order valence-corrected chi connectivity index (χ0v) is 7.57. The van der Waals surface area contributed by atoms with Gasteiger partial charge in [-0.2, -0.15) is 0 Å². The van der Waals surface area contributed by atoms with Gasteiger partial charge in [0.25, 0.3) is 5.56 Å². The molecule has 0 atom stereocenters. The summed E-state index contributed by atoms with van der Waals surface area (Å²) < 4.78 is 0. The van der Waals surface area contributed by atoms with E-state index in [1.54, 1.807) is 0 Å². The molecule has 1 aromatic rings. The van der Waals surface area contributed by atoms with Gasteiger partial charge in [0.05, 0.1) is 5.69 Å². The number of carbonyl (C=O) groups excluding carboxylic acids is 1. The number of hydrogen-bond donors (Lipinski definition) is 2. The normalized spacial score (nSPS) is 10.0. The van der Waals surface area contributed by atoms with Crippen LogP contribution in [0.25, 0.3) is 0 Å². The number of H-pyrrole nitrogens is 2. The lowest BCUT2D eigenvalue weighted by molar-refractivity contribution is -0.116. The number of ketones is 1. The highest BCUT2D eigenvalue weighted by Crippen LogP contribution is 2.05. The van der Waals surface area contributed by atoms with Crippen molar-refractivity contribution in [3.8, 4) is 0 Å². The van der Waals surface area contributed by atoms with Gasteiger partial charge in [0, 0.05) is 6.42 Å². The number of Topliss-reactive ketones (excluding diaryl/α,β-unsaturated/α-hetero) is 1. The Morgan fingerprint density at radius 1 is 1.38 bits per heavy atom. The first kappa shape index (κ1) is 9.73. The molecule has 0 saturated heterocycles. The molecule has 0 aliphatic heterocycles. The fourth-order valence-electron chi connectivity index (χ4n) is 0.889. The van der Waals surface area contributed by atoms with Gasteiger partial charge in [-0.15, -0.1) is 0 Å². The van der Waals surface area contributed by atoms with Gasteiger partial charge in [-0.05, 0) is 6.92 Å². The van der Waals surface area contributed by atoms with Crippen LogP contribution in [0.15, 0.2) is 9.59 Å². The maximum atomic E-state index is 10.9. The van der Waals surface area contributed by atoms with Crippen molar-refractivity contribution in [3.63, 3.8) is 0 Å². The van der Waals surface area contributed by atoms with Gasteiger partial charge in [0.15, 0.2) is 0 Å². The highest BCUT2D eigenvalue weighted by Gasteiger charge is 2.07. The van der Waals surface area contributed by atoms with Crippen LogP contribution in [-0.4, -0.2) is 15.8 Å². The SMILES string of the molecule is CC(=O)Cc1[nH]c(=O)[nH]c(=O)c1Cl. The molecule has 0 bridgehead atoms. The highest BCUT2D eigenvalue weighted by molar-refractivity contribution is 6.31. The minimum absolute atomic E-state index is 0.0437. The van der Waals surface area contributed by atoms with Gasteiger partial charge in [0.2, 0.25) is 0 Å². The van der Waals surface area contributed by atoms with E-state index in [1.807, 2.05) is 4.98 Å². The van der Waals surface area contributed by atoms with Crippen LogP contribution in [0.2, 0.25) is 5.02 Å². The third kappa shape index (κ3) is 2.29. The summed E-state index contributed by atoms with van der Waals surface area (Å²) in [5, 5.41) is -0.144. The Morgan fingerprint density at radius 3 is 2.54 bits per heavy atom. The third-order valence-electron chi connectivity index (χ3n) is 1.38. The average Bonchev–Trinajstić information content (AvgIpc) is 1.98. The van der Waals surface area contributed by atoms with Gasteiger partial charge in [-0.3, -0.25) is 14.6 Å². The monoisotopic (exact) mass is 202 g/mol. The van der Waals surface area contributed by atoms with E-state index >= 15 is 0 Å². The van der Waals surface area contributed by atoms with Crippen molar-refractivity contribution in [1.82, 2.24) is 9.97 Å². The molecular formula is C7H7ClN2O3. The smallest absolute Gasteiger partial charge is 0.309 e. The molecule has 1 heterocycles. The summed E-state index contributed by atoms with van der Waals surface area (Å²) >= 11 is 5.54. The molecule has 0 radical (unpaired) electrons. The van der Waals surface area contributed by atoms with Crippen molar-refractivity contribution in [2.75, 3.05) is 0 Å². The molecule has 5 nitrogen and oxygen atoms in total. The first-order valence-corrected chi connectivity index (χ1v) is 3.89. The van der Waals surface area contributed by atoms with E-state index in [9.17, 15) is 14.4 Å². The molecule has 13 heavy (non-hydrogen) atoms. The fraction of sp³-hybridized carbons (Fsp3) is 0.286. The van der Waals surface area contributed by atoms with Crippen molar-refractivity contribution in [1.29, 1.82) is 0 Å². The number of halogens is 1. The molecule has 0 amide bonds. The van der Waals surface area contributed by atoms with Gasteiger partial charge in [0.1, 0.15) is 10.8 Å². The van der Waals surface area contributed by atoms with Crippen molar-refractivity contribution in [3.05, 3.63) is 31.6 Å². The molecule has 0 aliphatic carbocycles. The standard InChI is InChI=1S/C7H7ClN2O3/c1-3(11)2-4-5(8)6(12)10-7(13)9-4/h2H2,1H3,(H2,9,10,12,13). The molecule has 70 valence electrons.